The molecule has 0 bridgehead atoms. The monoisotopic (exact) mass is 417 g/mol. The van der Waals surface area contributed by atoms with E-state index in [1.807, 2.05) is 14.1 Å². The van der Waals surface area contributed by atoms with Crippen LogP contribution in [0.15, 0.2) is 23.0 Å². The third kappa shape index (κ3) is 5.11. The molecule has 3 rings (SSSR count). The Balaban J connectivity index is 0.000000370. The van der Waals surface area contributed by atoms with Gasteiger partial charge in [0.1, 0.15) is 5.82 Å². The van der Waals surface area contributed by atoms with Gasteiger partial charge in [0, 0.05) is 30.6 Å². The third-order valence-electron chi connectivity index (χ3n) is 4.40. The van der Waals surface area contributed by atoms with Crippen molar-refractivity contribution in [1.82, 2.24) is 14.8 Å². The van der Waals surface area contributed by atoms with Gasteiger partial charge in [0.15, 0.2) is 0 Å². The number of rotatable bonds is 2. The smallest absolute Gasteiger partial charge is 0.475 e. The first-order valence-corrected chi connectivity index (χ1v) is 8.40. The fourth-order valence-corrected chi connectivity index (χ4v) is 2.74. The van der Waals surface area contributed by atoms with Gasteiger partial charge in [0.05, 0.1) is 11.1 Å². The quantitative estimate of drug-likeness (QED) is 0.729. The van der Waals surface area contributed by atoms with Crippen LogP contribution in [0.4, 0.5) is 17.6 Å². The predicted molar refractivity (Wildman–Crippen MR) is 96.3 cm³/mol. The largest absolute Gasteiger partial charge is 0.490 e. The van der Waals surface area contributed by atoms with Gasteiger partial charge in [-0.05, 0) is 38.7 Å². The van der Waals surface area contributed by atoms with Crippen molar-refractivity contribution in [3.8, 4) is 0 Å². The number of nitrogens with zero attached hydrogens (tertiary/aromatic N) is 2. The van der Waals surface area contributed by atoms with Crippen LogP contribution in [0.25, 0.3) is 10.9 Å². The van der Waals surface area contributed by atoms with E-state index in [2.05, 4.69) is 9.88 Å². The minimum atomic E-state index is -5.08. The van der Waals surface area contributed by atoms with Crippen LogP contribution >= 0.6 is 0 Å². The number of halogens is 4. The predicted octanol–water partition coefficient (Wildman–Crippen LogP) is 1.99. The number of aliphatic carboxylic acids is 1. The number of carbonyl (C=O) groups excluding carboxylic acids is 1. The Morgan fingerprint density at radius 3 is 2.24 bits per heavy atom. The molecule has 0 saturated carbocycles. The van der Waals surface area contributed by atoms with Crippen LogP contribution in [0.2, 0.25) is 0 Å². The number of nitrogens with one attached hydrogen (secondary N) is 1. The van der Waals surface area contributed by atoms with Crippen molar-refractivity contribution in [2.45, 2.75) is 19.1 Å². The number of benzene rings is 1. The number of carboxylic acid groups (broad SMARTS) is 1. The Morgan fingerprint density at radius 1 is 1.21 bits per heavy atom. The molecule has 1 saturated heterocycles. The first kappa shape index (κ1) is 22.3. The maximum atomic E-state index is 14.0. The number of fused-ring (bicyclic) bond motifs is 1. The van der Waals surface area contributed by atoms with Crippen molar-refractivity contribution in [1.29, 1.82) is 0 Å². The molecule has 1 fully saturated rings. The van der Waals surface area contributed by atoms with Crippen LogP contribution in [0.5, 0.6) is 0 Å². The van der Waals surface area contributed by atoms with E-state index in [1.54, 1.807) is 17.9 Å². The number of carboxylic acids is 1. The second-order valence-corrected chi connectivity index (χ2v) is 6.85. The molecule has 2 heterocycles. The van der Waals surface area contributed by atoms with E-state index in [-0.39, 0.29) is 17.0 Å². The van der Waals surface area contributed by atoms with Crippen molar-refractivity contribution in [3.05, 3.63) is 45.5 Å². The summed E-state index contributed by atoms with van der Waals surface area (Å²) in [6.45, 7) is 3.00. The number of carbonyl (C=O) groups is 2. The van der Waals surface area contributed by atoms with Gasteiger partial charge in [-0.15, -0.1) is 0 Å². The lowest BCUT2D eigenvalue weighted by atomic mass is 10.0. The van der Waals surface area contributed by atoms with Gasteiger partial charge in [0.2, 0.25) is 5.56 Å². The van der Waals surface area contributed by atoms with Crippen LogP contribution < -0.4 is 5.56 Å². The van der Waals surface area contributed by atoms with E-state index < -0.39 is 23.5 Å². The summed E-state index contributed by atoms with van der Waals surface area (Å²) in [4.78, 5) is 39.5. The Hall–Kier alpha value is -2.95. The lowest BCUT2D eigenvalue weighted by molar-refractivity contribution is -0.192. The van der Waals surface area contributed by atoms with Gasteiger partial charge in [0.25, 0.3) is 5.91 Å². The van der Waals surface area contributed by atoms with Crippen LogP contribution in [0.1, 0.15) is 15.9 Å². The number of aromatic nitrogens is 1. The van der Waals surface area contributed by atoms with Crippen LogP contribution in [-0.4, -0.2) is 71.2 Å². The highest BCUT2D eigenvalue weighted by Crippen LogP contribution is 2.23. The zero-order chi connectivity index (χ0) is 22.1. The SMILES string of the molecule is Cc1cc(F)c2[nH]c(=O)cc(C(=O)N3CC(N(C)C)C3)c2c1.O=C(O)C(F)(F)F. The van der Waals surface area contributed by atoms with Crippen molar-refractivity contribution < 1.29 is 32.3 Å². The molecule has 0 atom stereocenters. The Morgan fingerprint density at radius 2 is 1.76 bits per heavy atom. The summed E-state index contributed by atoms with van der Waals surface area (Å²) in [6, 6.07) is 4.66. The van der Waals surface area contributed by atoms with Gasteiger partial charge in [-0.25, -0.2) is 9.18 Å². The van der Waals surface area contributed by atoms with E-state index in [0.717, 1.165) is 0 Å². The fraction of sp³-hybridized carbons (Fsp3) is 0.389. The molecule has 0 radical (unpaired) electrons. The zero-order valence-electron chi connectivity index (χ0n) is 15.8. The third-order valence-corrected chi connectivity index (χ3v) is 4.40. The second kappa shape index (κ2) is 8.19. The highest BCUT2D eigenvalue weighted by molar-refractivity contribution is 6.06. The molecule has 1 aromatic heterocycles. The molecule has 7 nitrogen and oxygen atoms in total. The van der Waals surface area contributed by atoms with E-state index in [4.69, 9.17) is 9.90 Å². The lowest BCUT2D eigenvalue weighted by Gasteiger charge is -2.42. The van der Waals surface area contributed by atoms with Gasteiger partial charge < -0.3 is 19.9 Å². The molecule has 29 heavy (non-hydrogen) atoms. The Kier molecular flexibility index (Phi) is 6.31. The maximum absolute atomic E-state index is 14.0. The van der Waals surface area contributed by atoms with Crippen molar-refractivity contribution in [2.75, 3.05) is 27.2 Å². The lowest BCUT2D eigenvalue weighted by Crippen LogP contribution is -2.59. The molecule has 0 spiro atoms. The second-order valence-electron chi connectivity index (χ2n) is 6.85. The number of aryl methyl sites for hydroxylation is 1. The summed E-state index contributed by atoms with van der Waals surface area (Å²) >= 11 is 0. The molecule has 2 N–H and O–H groups in total. The minimum absolute atomic E-state index is 0.0890. The van der Waals surface area contributed by atoms with Crippen LogP contribution in [0.3, 0.4) is 0 Å². The molecule has 1 aliphatic rings. The molecular weight excluding hydrogens is 398 g/mol. The Labute approximate surface area is 162 Å². The zero-order valence-corrected chi connectivity index (χ0v) is 15.8. The molecule has 1 aromatic carbocycles. The van der Waals surface area contributed by atoms with Gasteiger partial charge in [-0.3, -0.25) is 9.59 Å². The maximum Gasteiger partial charge on any atom is 0.490 e. The molecular formula is C18H19F4N3O4. The minimum Gasteiger partial charge on any atom is -0.475 e. The Bertz CT molecular complexity index is 995. The number of aromatic amines is 1. The topological polar surface area (TPSA) is 93.7 Å². The number of likely N-dealkylation sites (tertiary alicyclic amines) is 1. The molecule has 11 heteroatoms. The van der Waals surface area contributed by atoms with Crippen LogP contribution in [-0.2, 0) is 4.79 Å². The number of hydrogen-bond acceptors (Lipinski definition) is 4. The summed E-state index contributed by atoms with van der Waals surface area (Å²) in [6.07, 6.45) is -5.08. The summed E-state index contributed by atoms with van der Waals surface area (Å²) in [5.41, 5.74) is 0.592. The first-order valence-electron chi connectivity index (χ1n) is 8.40. The average Bonchev–Trinajstić information content (AvgIpc) is 2.52. The molecule has 1 aliphatic heterocycles. The first-order chi connectivity index (χ1) is 13.3. The standard InChI is InChI=1S/C16H18FN3O2.C2HF3O2/c1-9-4-11-12(6-14(21)18-15(11)13(17)5-9)16(22)20-7-10(8-20)19(2)3;3-2(4,5)1(6)7/h4-6,10H,7-8H2,1-3H3,(H,18,21);(H,6,7). The molecule has 0 unspecified atom stereocenters. The fourth-order valence-electron chi connectivity index (χ4n) is 2.74. The molecule has 1 amide bonds. The van der Waals surface area contributed by atoms with Gasteiger partial charge in [-0.1, -0.05) is 0 Å². The molecule has 158 valence electrons. The number of pyridine rings is 1. The number of hydrogen-bond donors (Lipinski definition) is 2. The summed E-state index contributed by atoms with van der Waals surface area (Å²) in [5, 5.41) is 7.58. The highest BCUT2D eigenvalue weighted by atomic mass is 19.4. The van der Waals surface area contributed by atoms with Crippen molar-refractivity contribution >= 4 is 22.8 Å². The molecule has 0 aliphatic carbocycles. The summed E-state index contributed by atoms with van der Waals surface area (Å²) in [5.74, 6) is -3.50. The van der Waals surface area contributed by atoms with E-state index >= 15 is 0 Å². The molecule has 2 aromatic rings. The van der Waals surface area contributed by atoms with Crippen molar-refractivity contribution in [2.24, 2.45) is 0 Å². The highest BCUT2D eigenvalue weighted by Gasteiger charge is 2.38. The number of amides is 1. The van der Waals surface area contributed by atoms with E-state index in [9.17, 15) is 27.2 Å². The van der Waals surface area contributed by atoms with Gasteiger partial charge >= 0.3 is 12.1 Å². The number of likely N-dealkylation sites (N-methyl/N-ethyl adjacent to an activating group) is 1. The normalized spacial score (nSPS) is 14.4. The number of alkyl halides is 3. The van der Waals surface area contributed by atoms with E-state index in [1.165, 1.54) is 12.1 Å². The number of H-pyrrole nitrogens is 1. The average molecular weight is 417 g/mol. The summed E-state index contributed by atoms with van der Waals surface area (Å²) in [7, 11) is 3.93. The van der Waals surface area contributed by atoms with E-state index in [0.29, 0.717) is 30.1 Å². The van der Waals surface area contributed by atoms with Crippen LogP contribution in [0, 0.1) is 12.7 Å². The van der Waals surface area contributed by atoms with Gasteiger partial charge in [-0.2, -0.15) is 13.2 Å². The van der Waals surface area contributed by atoms with Crippen molar-refractivity contribution in [3.63, 3.8) is 0 Å². The summed E-state index contributed by atoms with van der Waals surface area (Å²) < 4.78 is 45.8.